The quantitative estimate of drug-likeness (QED) is 0.711. The van der Waals surface area contributed by atoms with Gasteiger partial charge in [-0.15, -0.1) is 0 Å². The van der Waals surface area contributed by atoms with Crippen molar-refractivity contribution in [1.29, 1.82) is 0 Å². The molecule has 4 nitrogen and oxygen atoms in total. The highest BCUT2D eigenvalue weighted by molar-refractivity contribution is 9.10. The van der Waals surface area contributed by atoms with E-state index in [1.54, 1.807) is 13.2 Å². The van der Waals surface area contributed by atoms with Gasteiger partial charge in [-0.05, 0) is 15.9 Å². The fourth-order valence-electron chi connectivity index (χ4n) is 0.814. The maximum atomic E-state index is 11.3. The monoisotopic (exact) mass is 231 g/mol. The van der Waals surface area contributed by atoms with Crippen LogP contribution in [0.1, 0.15) is 0 Å². The Bertz CT molecular complexity index is 345. The van der Waals surface area contributed by atoms with Crippen molar-refractivity contribution < 1.29 is 0 Å². The molecule has 12 heavy (non-hydrogen) atoms. The molecule has 1 heterocycles. The number of hydrogen-bond donors (Lipinski definition) is 0. The summed E-state index contributed by atoms with van der Waals surface area (Å²) in [6.45, 7) is 0. The summed E-state index contributed by atoms with van der Waals surface area (Å²) in [5.41, 5.74) is 0.666. The van der Waals surface area contributed by atoms with Gasteiger partial charge in [0, 0.05) is 21.1 Å². The number of halogens is 1. The first-order valence-electron chi connectivity index (χ1n) is 3.43. The average Bonchev–Trinajstić information content (AvgIpc) is 2.00. The number of aryl methyl sites for hydroxylation is 1. The molecule has 0 radical (unpaired) electrons. The van der Waals surface area contributed by atoms with E-state index in [4.69, 9.17) is 0 Å². The van der Waals surface area contributed by atoms with Crippen LogP contribution in [0, 0.1) is 0 Å². The van der Waals surface area contributed by atoms with E-state index in [2.05, 4.69) is 21.0 Å². The Morgan fingerprint density at radius 3 is 2.67 bits per heavy atom. The minimum absolute atomic E-state index is 0.124. The summed E-state index contributed by atoms with van der Waals surface area (Å²) >= 11 is 3.22. The molecule has 1 aromatic rings. The lowest BCUT2D eigenvalue weighted by Gasteiger charge is -2.13. The van der Waals surface area contributed by atoms with Crippen molar-refractivity contribution in [2.45, 2.75) is 0 Å². The Morgan fingerprint density at radius 2 is 2.17 bits per heavy atom. The molecule has 0 saturated carbocycles. The Kier molecular flexibility index (Phi) is 2.52. The molecule has 0 bridgehead atoms. The maximum Gasteiger partial charge on any atom is 0.282 e. The molecule has 0 atom stereocenters. The van der Waals surface area contributed by atoms with E-state index < -0.39 is 0 Å². The van der Waals surface area contributed by atoms with Gasteiger partial charge in [0.25, 0.3) is 5.56 Å². The standard InChI is InChI=1S/C7H10BrN3O/c1-10(2)5-4-9-11(3)7(12)6(5)8/h4H,1-3H3. The van der Waals surface area contributed by atoms with Gasteiger partial charge in [0.2, 0.25) is 0 Å². The number of hydrogen-bond acceptors (Lipinski definition) is 3. The number of rotatable bonds is 1. The van der Waals surface area contributed by atoms with Gasteiger partial charge in [0.1, 0.15) is 4.47 Å². The predicted octanol–water partition coefficient (Wildman–Crippen LogP) is 0.609. The lowest BCUT2D eigenvalue weighted by Crippen LogP contribution is -2.23. The summed E-state index contributed by atoms with van der Waals surface area (Å²) in [5, 5.41) is 3.89. The minimum atomic E-state index is -0.124. The van der Waals surface area contributed by atoms with Crippen molar-refractivity contribution in [2.24, 2.45) is 7.05 Å². The smallest absolute Gasteiger partial charge is 0.282 e. The summed E-state index contributed by atoms with van der Waals surface area (Å²) in [5.74, 6) is 0. The van der Waals surface area contributed by atoms with Crippen LogP contribution in [0.4, 0.5) is 5.69 Å². The number of aromatic nitrogens is 2. The lowest BCUT2D eigenvalue weighted by atomic mass is 10.4. The van der Waals surface area contributed by atoms with Crippen LogP contribution in [0.3, 0.4) is 0 Å². The third kappa shape index (κ3) is 1.50. The summed E-state index contributed by atoms with van der Waals surface area (Å²) in [7, 11) is 5.34. The summed E-state index contributed by atoms with van der Waals surface area (Å²) in [4.78, 5) is 13.2. The molecule has 0 unspecified atom stereocenters. The van der Waals surface area contributed by atoms with Crippen molar-refractivity contribution in [3.05, 3.63) is 21.0 Å². The Labute approximate surface area is 78.9 Å². The van der Waals surface area contributed by atoms with Gasteiger partial charge >= 0.3 is 0 Å². The van der Waals surface area contributed by atoms with Crippen LogP contribution in [0.5, 0.6) is 0 Å². The van der Waals surface area contributed by atoms with Gasteiger partial charge < -0.3 is 4.90 Å². The Hall–Kier alpha value is -0.840. The molecule has 0 aromatic carbocycles. The fraction of sp³-hybridized carbons (Fsp3) is 0.429. The molecular weight excluding hydrogens is 222 g/mol. The van der Waals surface area contributed by atoms with Crippen LogP contribution in [-0.2, 0) is 7.05 Å². The van der Waals surface area contributed by atoms with Crippen LogP contribution < -0.4 is 10.5 Å². The summed E-state index contributed by atoms with van der Waals surface area (Å²) in [6.07, 6.45) is 1.64. The molecule has 0 fully saturated rings. The number of nitrogens with zero attached hydrogens (tertiary/aromatic N) is 3. The molecule has 0 saturated heterocycles. The van der Waals surface area contributed by atoms with Gasteiger partial charge in [-0.1, -0.05) is 0 Å². The van der Waals surface area contributed by atoms with Gasteiger partial charge in [0.05, 0.1) is 11.9 Å². The summed E-state index contributed by atoms with van der Waals surface area (Å²) < 4.78 is 1.84. The predicted molar refractivity (Wildman–Crippen MR) is 51.5 cm³/mol. The van der Waals surface area contributed by atoms with Crippen LogP contribution in [0.25, 0.3) is 0 Å². The van der Waals surface area contributed by atoms with Crippen LogP contribution in [-0.4, -0.2) is 23.9 Å². The second-order valence-electron chi connectivity index (χ2n) is 2.67. The van der Waals surface area contributed by atoms with E-state index in [-0.39, 0.29) is 5.56 Å². The first-order chi connectivity index (χ1) is 5.54. The molecule has 1 rings (SSSR count). The molecule has 0 N–H and O–H groups in total. The highest BCUT2D eigenvalue weighted by atomic mass is 79.9. The van der Waals surface area contributed by atoms with Crippen molar-refractivity contribution >= 4 is 21.6 Å². The zero-order valence-electron chi connectivity index (χ0n) is 7.21. The molecule has 66 valence electrons. The first-order valence-corrected chi connectivity index (χ1v) is 4.22. The largest absolute Gasteiger partial charge is 0.375 e. The van der Waals surface area contributed by atoms with E-state index in [0.717, 1.165) is 5.69 Å². The SMILES string of the molecule is CN(C)c1cnn(C)c(=O)c1Br. The fourth-order valence-corrected chi connectivity index (χ4v) is 1.53. The van der Waals surface area contributed by atoms with E-state index in [1.165, 1.54) is 4.68 Å². The van der Waals surface area contributed by atoms with Crippen molar-refractivity contribution in [3.63, 3.8) is 0 Å². The zero-order chi connectivity index (χ0) is 9.30. The number of anilines is 1. The Morgan fingerprint density at radius 1 is 1.58 bits per heavy atom. The lowest BCUT2D eigenvalue weighted by molar-refractivity contribution is 0.701. The molecular formula is C7H10BrN3O. The molecule has 0 aliphatic carbocycles. The van der Waals surface area contributed by atoms with Crippen LogP contribution in [0.15, 0.2) is 15.5 Å². The zero-order valence-corrected chi connectivity index (χ0v) is 8.79. The van der Waals surface area contributed by atoms with E-state index in [9.17, 15) is 4.79 Å². The molecule has 0 amide bonds. The van der Waals surface area contributed by atoms with E-state index >= 15 is 0 Å². The third-order valence-corrected chi connectivity index (χ3v) is 2.29. The van der Waals surface area contributed by atoms with Crippen molar-refractivity contribution in [2.75, 3.05) is 19.0 Å². The topological polar surface area (TPSA) is 38.1 Å². The van der Waals surface area contributed by atoms with E-state index in [1.807, 2.05) is 19.0 Å². The first kappa shape index (κ1) is 9.25. The highest BCUT2D eigenvalue weighted by Crippen LogP contribution is 2.17. The van der Waals surface area contributed by atoms with Gasteiger partial charge in [0.15, 0.2) is 0 Å². The van der Waals surface area contributed by atoms with Gasteiger partial charge in [-0.25, -0.2) is 4.68 Å². The van der Waals surface area contributed by atoms with Gasteiger partial charge in [-0.2, -0.15) is 5.10 Å². The third-order valence-electron chi connectivity index (χ3n) is 1.54. The molecule has 0 spiro atoms. The van der Waals surface area contributed by atoms with Gasteiger partial charge in [-0.3, -0.25) is 4.79 Å². The minimum Gasteiger partial charge on any atom is -0.375 e. The average molecular weight is 232 g/mol. The molecule has 1 aromatic heterocycles. The Balaban J connectivity index is 3.37. The molecule has 0 aliphatic heterocycles. The van der Waals surface area contributed by atoms with Crippen molar-refractivity contribution in [1.82, 2.24) is 9.78 Å². The maximum absolute atomic E-state index is 11.3. The second-order valence-corrected chi connectivity index (χ2v) is 3.46. The normalized spacial score (nSPS) is 10.0. The van der Waals surface area contributed by atoms with E-state index in [0.29, 0.717) is 4.47 Å². The van der Waals surface area contributed by atoms with Crippen LogP contribution >= 0.6 is 15.9 Å². The van der Waals surface area contributed by atoms with Crippen molar-refractivity contribution in [3.8, 4) is 0 Å². The second kappa shape index (κ2) is 3.26. The summed E-state index contributed by atoms with van der Waals surface area (Å²) in [6, 6.07) is 0. The molecule has 0 aliphatic rings. The molecule has 5 heteroatoms. The van der Waals surface area contributed by atoms with Crippen LogP contribution in [0.2, 0.25) is 0 Å². The highest BCUT2D eigenvalue weighted by Gasteiger charge is 2.07.